The molecule has 3 nitrogen and oxygen atoms in total. The van der Waals surface area contributed by atoms with E-state index in [0.717, 1.165) is 5.92 Å². The molecular weight excluding hydrogens is 281 g/mol. The molecule has 3 aliphatic heterocycles. The Kier molecular flexibility index (Phi) is 7.41. The monoisotopic (exact) mass is 309 g/mol. The van der Waals surface area contributed by atoms with Crippen molar-refractivity contribution in [1.82, 2.24) is 15.5 Å². The summed E-state index contributed by atoms with van der Waals surface area (Å²) >= 11 is 0. The Morgan fingerprint density at radius 1 is 1.11 bits per heavy atom. The molecule has 2 atom stereocenters. The minimum atomic E-state index is 0. The standard InChI is InChI=1S/C14H27N3.2ClH/c1-4-14(11-16-6-1)5-9-17(12-14)8-3-13-2-7-15-10-13;;/h13,15-16H,1-12H2;2*1H. The molecule has 0 bridgehead atoms. The lowest BCUT2D eigenvalue weighted by atomic mass is 9.80. The smallest absolute Gasteiger partial charge is 0.00506 e. The molecule has 0 aromatic rings. The zero-order valence-corrected chi connectivity index (χ0v) is 13.5. The van der Waals surface area contributed by atoms with Crippen molar-refractivity contribution in [2.24, 2.45) is 11.3 Å². The zero-order chi connectivity index (χ0) is 11.6. The molecule has 0 saturated carbocycles. The highest BCUT2D eigenvalue weighted by atomic mass is 35.5. The van der Waals surface area contributed by atoms with E-state index < -0.39 is 0 Å². The molecule has 3 saturated heterocycles. The first kappa shape index (κ1) is 17.5. The van der Waals surface area contributed by atoms with Gasteiger partial charge in [-0.1, -0.05) is 0 Å². The van der Waals surface area contributed by atoms with Gasteiger partial charge in [-0.3, -0.25) is 0 Å². The van der Waals surface area contributed by atoms with E-state index in [4.69, 9.17) is 0 Å². The van der Waals surface area contributed by atoms with E-state index in [1.165, 1.54) is 77.9 Å². The summed E-state index contributed by atoms with van der Waals surface area (Å²) in [5.41, 5.74) is 0.645. The predicted octanol–water partition coefficient (Wildman–Crippen LogP) is 1.91. The van der Waals surface area contributed by atoms with Gasteiger partial charge in [0.05, 0.1) is 0 Å². The van der Waals surface area contributed by atoms with Crippen LogP contribution in [0.4, 0.5) is 0 Å². The van der Waals surface area contributed by atoms with Crippen molar-refractivity contribution in [3.63, 3.8) is 0 Å². The number of hydrogen-bond acceptors (Lipinski definition) is 3. The number of piperidine rings is 1. The van der Waals surface area contributed by atoms with Gasteiger partial charge in [0.25, 0.3) is 0 Å². The Morgan fingerprint density at radius 2 is 2.00 bits per heavy atom. The van der Waals surface area contributed by atoms with E-state index in [1.54, 1.807) is 0 Å². The van der Waals surface area contributed by atoms with Crippen molar-refractivity contribution >= 4 is 24.8 Å². The minimum Gasteiger partial charge on any atom is -0.316 e. The molecule has 19 heavy (non-hydrogen) atoms. The van der Waals surface area contributed by atoms with Crippen molar-refractivity contribution in [1.29, 1.82) is 0 Å². The lowest BCUT2D eigenvalue weighted by Gasteiger charge is -2.34. The first-order valence-corrected chi connectivity index (χ1v) is 7.50. The number of nitrogens with one attached hydrogen (secondary N) is 2. The van der Waals surface area contributed by atoms with Crippen molar-refractivity contribution in [2.45, 2.75) is 32.1 Å². The van der Waals surface area contributed by atoms with Crippen LogP contribution in [0.3, 0.4) is 0 Å². The quantitative estimate of drug-likeness (QED) is 0.834. The second-order valence-electron chi connectivity index (χ2n) is 6.45. The van der Waals surface area contributed by atoms with Gasteiger partial charge >= 0.3 is 0 Å². The highest BCUT2D eigenvalue weighted by Gasteiger charge is 2.38. The topological polar surface area (TPSA) is 27.3 Å². The number of nitrogens with zero attached hydrogens (tertiary/aromatic N) is 1. The first-order chi connectivity index (χ1) is 8.36. The Balaban J connectivity index is 0.000000902. The third-order valence-corrected chi connectivity index (χ3v) is 5.09. The molecule has 0 radical (unpaired) electrons. The molecule has 0 aromatic carbocycles. The second kappa shape index (κ2) is 8.04. The summed E-state index contributed by atoms with van der Waals surface area (Å²) in [5, 5.41) is 7.07. The summed E-state index contributed by atoms with van der Waals surface area (Å²) in [6.07, 6.45) is 7.10. The highest BCUT2D eigenvalue weighted by molar-refractivity contribution is 5.85. The Hall–Kier alpha value is 0.460. The normalized spacial score (nSPS) is 35.1. The third-order valence-electron chi connectivity index (χ3n) is 5.09. The third kappa shape index (κ3) is 4.47. The molecule has 0 amide bonds. The van der Waals surface area contributed by atoms with E-state index in [1.807, 2.05) is 0 Å². The van der Waals surface area contributed by atoms with Crippen LogP contribution in [-0.4, -0.2) is 50.7 Å². The SMILES string of the molecule is C1CNCC2(C1)CCN(CCC1CCNC1)C2.Cl.Cl. The average Bonchev–Trinajstić information content (AvgIpc) is 2.98. The second-order valence-corrected chi connectivity index (χ2v) is 6.45. The number of halogens is 2. The molecule has 0 aliphatic carbocycles. The summed E-state index contributed by atoms with van der Waals surface area (Å²) in [4.78, 5) is 2.73. The maximum absolute atomic E-state index is 3.60. The summed E-state index contributed by atoms with van der Waals surface area (Å²) in [6, 6.07) is 0. The Bertz CT molecular complexity index is 251. The van der Waals surface area contributed by atoms with Gasteiger partial charge in [0.1, 0.15) is 0 Å². The summed E-state index contributed by atoms with van der Waals surface area (Å²) in [6.45, 7) is 9.08. The molecule has 2 unspecified atom stereocenters. The lowest BCUT2D eigenvalue weighted by Crippen LogP contribution is -2.42. The van der Waals surface area contributed by atoms with Gasteiger partial charge in [-0.2, -0.15) is 0 Å². The van der Waals surface area contributed by atoms with Crippen LogP contribution in [0, 0.1) is 11.3 Å². The van der Waals surface area contributed by atoms with E-state index in [-0.39, 0.29) is 24.8 Å². The van der Waals surface area contributed by atoms with E-state index in [0.29, 0.717) is 5.41 Å². The van der Waals surface area contributed by atoms with Gasteiger partial charge in [0, 0.05) is 13.1 Å². The molecule has 3 fully saturated rings. The zero-order valence-electron chi connectivity index (χ0n) is 11.8. The maximum atomic E-state index is 3.60. The highest BCUT2D eigenvalue weighted by Crippen LogP contribution is 2.36. The minimum absolute atomic E-state index is 0. The van der Waals surface area contributed by atoms with Crippen LogP contribution in [0.25, 0.3) is 0 Å². The fraction of sp³-hybridized carbons (Fsp3) is 1.00. The van der Waals surface area contributed by atoms with Gasteiger partial charge in [0.2, 0.25) is 0 Å². The molecule has 1 spiro atoms. The number of hydrogen-bond donors (Lipinski definition) is 2. The lowest BCUT2D eigenvalue weighted by molar-refractivity contribution is 0.198. The van der Waals surface area contributed by atoms with Gasteiger partial charge < -0.3 is 15.5 Å². The van der Waals surface area contributed by atoms with Crippen LogP contribution in [0.2, 0.25) is 0 Å². The molecule has 3 heterocycles. The summed E-state index contributed by atoms with van der Waals surface area (Å²) < 4.78 is 0. The van der Waals surface area contributed by atoms with E-state index in [9.17, 15) is 0 Å². The van der Waals surface area contributed by atoms with Crippen molar-refractivity contribution in [3.8, 4) is 0 Å². The fourth-order valence-electron chi connectivity index (χ4n) is 3.92. The van der Waals surface area contributed by atoms with E-state index >= 15 is 0 Å². The van der Waals surface area contributed by atoms with Crippen molar-refractivity contribution < 1.29 is 0 Å². The number of rotatable bonds is 3. The first-order valence-electron chi connectivity index (χ1n) is 7.50. The van der Waals surface area contributed by atoms with Gasteiger partial charge in [0.15, 0.2) is 0 Å². The molecular formula is C14H29Cl2N3. The maximum Gasteiger partial charge on any atom is 0.00506 e. The number of likely N-dealkylation sites (tertiary alicyclic amines) is 1. The van der Waals surface area contributed by atoms with Gasteiger partial charge in [-0.15, -0.1) is 24.8 Å². The van der Waals surface area contributed by atoms with Gasteiger partial charge in [-0.05, 0) is 76.2 Å². The van der Waals surface area contributed by atoms with Crippen LogP contribution < -0.4 is 10.6 Å². The molecule has 3 aliphatic rings. The van der Waals surface area contributed by atoms with Crippen LogP contribution in [0.15, 0.2) is 0 Å². The van der Waals surface area contributed by atoms with E-state index in [2.05, 4.69) is 15.5 Å². The van der Waals surface area contributed by atoms with Crippen LogP contribution in [0.1, 0.15) is 32.1 Å². The molecule has 114 valence electrons. The van der Waals surface area contributed by atoms with Crippen molar-refractivity contribution in [3.05, 3.63) is 0 Å². The summed E-state index contributed by atoms with van der Waals surface area (Å²) in [5.74, 6) is 0.955. The Morgan fingerprint density at radius 3 is 2.68 bits per heavy atom. The van der Waals surface area contributed by atoms with Crippen LogP contribution in [0.5, 0.6) is 0 Å². The van der Waals surface area contributed by atoms with Crippen LogP contribution in [-0.2, 0) is 0 Å². The molecule has 5 heteroatoms. The molecule has 3 rings (SSSR count). The van der Waals surface area contributed by atoms with Crippen LogP contribution >= 0.6 is 24.8 Å². The van der Waals surface area contributed by atoms with Gasteiger partial charge in [-0.25, -0.2) is 0 Å². The summed E-state index contributed by atoms with van der Waals surface area (Å²) in [7, 11) is 0. The largest absolute Gasteiger partial charge is 0.316 e. The Labute approximate surface area is 130 Å². The molecule has 2 N–H and O–H groups in total. The van der Waals surface area contributed by atoms with Crippen molar-refractivity contribution in [2.75, 3.05) is 45.8 Å². The average molecular weight is 310 g/mol. The molecule has 0 aromatic heterocycles. The fourth-order valence-corrected chi connectivity index (χ4v) is 3.92. The predicted molar refractivity (Wildman–Crippen MR) is 85.7 cm³/mol.